The van der Waals surface area contributed by atoms with Gasteiger partial charge in [0.05, 0.1) is 6.42 Å². The lowest BCUT2D eigenvalue weighted by atomic mass is 10.1. The van der Waals surface area contributed by atoms with Crippen LogP contribution in [0.2, 0.25) is 0 Å². The Hall–Kier alpha value is -1.49. The maximum atomic E-state index is 11.3. The zero-order valence-electron chi connectivity index (χ0n) is 9.60. The number of aliphatic carboxylic acids is 1. The van der Waals surface area contributed by atoms with Gasteiger partial charge < -0.3 is 10.4 Å². The molecule has 0 aromatic heterocycles. The number of rotatable bonds is 6. The molecule has 0 radical (unpaired) electrons. The van der Waals surface area contributed by atoms with Gasteiger partial charge >= 0.3 is 5.97 Å². The van der Waals surface area contributed by atoms with E-state index in [9.17, 15) is 9.59 Å². The van der Waals surface area contributed by atoms with E-state index in [0.717, 1.165) is 11.3 Å². The molecule has 5 heteroatoms. The van der Waals surface area contributed by atoms with Crippen LogP contribution in [0, 0.1) is 0 Å². The van der Waals surface area contributed by atoms with Gasteiger partial charge in [0.1, 0.15) is 6.54 Å². The fourth-order valence-electron chi connectivity index (χ4n) is 1.29. The topological polar surface area (TPSA) is 66.4 Å². The lowest BCUT2D eigenvalue weighted by Gasteiger charge is -2.04. The molecule has 0 saturated carbocycles. The third-order valence-electron chi connectivity index (χ3n) is 2.04. The highest BCUT2D eigenvalue weighted by molar-refractivity contribution is 7.99. The fraction of sp³-hybridized carbons (Fsp3) is 0.333. The van der Waals surface area contributed by atoms with Crippen LogP contribution < -0.4 is 5.32 Å². The van der Waals surface area contributed by atoms with E-state index in [4.69, 9.17) is 5.11 Å². The van der Waals surface area contributed by atoms with Crippen LogP contribution in [0.3, 0.4) is 0 Å². The van der Waals surface area contributed by atoms with Gasteiger partial charge in [-0.25, -0.2) is 0 Å². The van der Waals surface area contributed by atoms with Crippen molar-refractivity contribution in [3.8, 4) is 0 Å². The molecule has 0 aliphatic heterocycles. The predicted molar refractivity (Wildman–Crippen MR) is 67.2 cm³/mol. The molecule has 1 amide bonds. The van der Waals surface area contributed by atoms with Gasteiger partial charge in [0, 0.05) is 4.90 Å². The Bertz CT molecular complexity index is 389. The number of carboxylic acid groups (broad SMARTS) is 1. The van der Waals surface area contributed by atoms with Crippen LogP contribution in [0.4, 0.5) is 0 Å². The summed E-state index contributed by atoms with van der Waals surface area (Å²) in [6.07, 6.45) is 0.213. The Balaban J connectivity index is 2.45. The lowest BCUT2D eigenvalue weighted by Crippen LogP contribution is -2.30. The number of amides is 1. The van der Waals surface area contributed by atoms with Crippen molar-refractivity contribution in [2.45, 2.75) is 18.2 Å². The number of thioether (sulfide) groups is 1. The van der Waals surface area contributed by atoms with Crippen molar-refractivity contribution in [1.82, 2.24) is 5.32 Å². The summed E-state index contributed by atoms with van der Waals surface area (Å²) < 4.78 is 0. The summed E-state index contributed by atoms with van der Waals surface area (Å²) in [6.45, 7) is 1.75. The van der Waals surface area contributed by atoms with Gasteiger partial charge in [0.15, 0.2) is 0 Å². The van der Waals surface area contributed by atoms with Crippen molar-refractivity contribution < 1.29 is 14.7 Å². The normalized spacial score (nSPS) is 9.94. The molecule has 0 aliphatic carbocycles. The first kappa shape index (κ1) is 13.6. The zero-order valence-corrected chi connectivity index (χ0v) is 10.4. The van der Waals surface area contributed by atoms with E-state index in [1.54, 1.807) is 11.8 Å². The molecule has 0 unspecified atom stereocenters. The number of carbonyl (C=O) groups excluding carboxylic acids is 1. The SMILES string of the molecule is CCSc1ccc(CC(=O)NCC(=O)O)cc1. The molecule has 0 aliphatic rings. The van der Waals surface area contributed by atoms with Crippen LogP contribution in [0.1, 0.15) is 12.5 Å². The summed E-state index contributed by atoms with van der Waals surface area (Å²) in [5.74, 6) is -0.297. The van der Waals surface area contributed by atoms with Crippen LogP contribution in [-0.2, 0) is 16.0 Å². The van der Waals surface area contributed by atoms with Crippen LogP contribution >= 0.6 is 11.8 Å². The number of carbonyl (C=O) groups is 2. The molecule has 1 aromatic rings. The van der Waals surface area contributed by atoms with Crippen molar-refractivity contribution in [3.63, 3.8) is 0 Å². The monoisotopic (exact) mass is 253 g/mol. The van der Waals surface area contributed by atoms with Crippen molar-refractivity contribution >= 4 is 23.6 Å². The molecular weight excluding hydrogens is 238 g/mol. The van der Waals surface area contributed by atoms with E-state index in [1.165, 1.54) is 4.90 Å². The molecule has 0 heterocycles. The number of carboxylic acids is 1. The fourth-order valence-corrected chi connectivity index (χ4v) is 1.95. The smallest absolute Gasteiger partial charge is 0.322 e. The first-order chi connectivity index (χ1) is 8.11. The van der Waals surface area contributed by atoms with Crippen LogP contribution in [-0.4, -0.2) is 29.3 Å². The highest BCUT2D eigenvalue weighted by Crippen LogP contribution is 2.17. The third kappa shape index (κ3) is 5.40. The summed E-state index contributed by atoms with van der Waals surface area (Å²) >= 11 is 1.74. The van der Waals surface area contributed by atoms with Crippen LogP contribution in [0.25, 0.3) is 0 Å². The number of hydrogen-bond donors (Lipinski definition) is 2. The first-order valence-corrected chi connectivity index (χ1v) is 6.30. The van der Waals surface area contributed by atoms with Gasteiger partial charge in [-0.1, -0.05) is 19.1 Å². The molecule has 1 aromatic carbocycles. The molecule has 0 atom stereocenters. The zero-order chi connectivity index (χ0) is 12.7. The average molecular weight is 253 g/mol. The van der Waals surface area contributed by atoms with E-state index in [-0.39, 0.29) is 18.9 Å². The summed E-state index contributed by atoms with van der Waals surface area (Å²) in [4.78, 5) is 22.8. The summed E-state index contributed by atoms with van der Waals surface area (Å²) in [5, 5.41) is 10.7. The van der Waals surface area contributed by atoms with E-state index in [2.05, 4.69) is 12.2 Å². The van der Waals surface area contributed by atoms with Crippen LogP contribution in [0.5, 0.6) is 0 Å². The second kappa shape index (κ2) is 6.96. The second-order valence-corrected chi connectivity index (χ2v) is 4.76. The minimum Gasteiger partial charge on any atom is -0.480 e. The van der Waals surface area contributed by atoms with E-state index in [1.807, 2.05) is 24.3 Å². The Kier molecular flexibility index (Phi) is 5.56. The molecule has 92 valence electrons. The molecule has 4 nitrogen and oxygen atoms in total. The van der Waals surface area contributed by atoms with E-state index < -0.39 is 5.97 Å². The van der Waals surface area contributed by atoms with Crippen molar-refractivity contribution in [3.05, 3.63) is 29.8 Å². The molecule has 1 rings (SSSR count). The highest BCUT2D eigenvalue weighted by Gasteiger charge is 2.05. The Morgan fingerprint density at radius 3 is 2.47 bits per heavy atom. The van der Waals surface area contributed by atoms with Gasteiger partial charge in [-0.2, -0.15) is 0 Å². The Morgan fingerprint density at radius 2 is 1.94 bits per heavy atom. The molecule has 2 N–H and O–H groups in total. The molecule has 17 heavy (non-hydrogen) atoms. The molecule has 0 fully saturated rings. The van der Waals surface area contributed by atoms with E-state index in [0.29, 0.717) is 0 Å². The van der Waals surface area contributed by atoms with Gasteiger partial charge in [-0.15, -0.1) is 11.8 Å². The summed E-state index contributed by atoms with van der Waals surface area (Å²) in [6, 6.07) is 7.71. The van der Waals surface area contributed by atoms with Crippen molar-refractivity contribution in [1.29, 1.82) is 0 Å². The minimum atomic E-state index is -1.03. The first-order valence-electron chi connectivity index (χ1n) is 5.32. The van der Waals surface area contributed by atoms with Crippen LogP contribution in [0.15, 0.2) is 29.2 Å². The van der Waals surface area contributed by atoms with E-state index >= 15 is 0 Å². The van der Waals surface area contributed by atoms with Gasteiger partial charge in [-0.05, 0) is 23.4 Å². The maximum absolute atomic E-state index is 11.3. The predicted octanol–water partition coefficient (Wildman–Crippen LogP) is 1.54. The Morgan fingerprint density at radius 1 is 1.29 bits per heavy atom. The molecular formula is C12H15NO3S. The van der Waals surface area contributed by atoms with Gasteiger partial charge in [0.25, 0.3) is 0 Å². The van der Waals surface area contributed by atoms with Gasteiger partial charge in [0.2, 0.25) is 5.91 Å². The van der Waals surface area contributed by atoms with Crippen molar-refractivity contribution in [2.75, 3.05) is 12.3 Å². The third-order valence-corrected chi connectivity index (χ3v) is 2.93. The largest absolute Gasteiger partial charge is 0.480 e. The Labute approximate surface area is 104 Å². The quantitative estimate of drug-likeness (QED) is 0.755. The minimum absolute atomic E-state index is 0.213. The average Bonchev–Trinajstić information content (AvgIpc) is 2.29. The molecule has 0 bridgehead atoms. The standard InChI is InChI=1S/C12H15NO3S/c1-2-17-10-5-3-9(4-6-10)7-11(14)13-8-12(15)16/h3-6H,2,7-8H2,1H3,(H,13,14)(H,15,16). The van der Waals surface area contributed by atoms with Gasteiger partial charge in [-0.3, -0.25) is 9.59 Å². The summed E-state index contributed by atoms with van der Waals surface area (Å²) in [7, 11) is 0. The van der Waals surface area contributed by atoms with Crippen molar-refractivity contribution in [2.24, 2.45) is 0 Å². The number of hydrogen-bond acceptors (Lipinski definition) is 3. The second-order valence-electron chi connectivity index (χ2n) is 3.42. The number of benzene rings is 1. The molecule has 0 saturated heterocycles. The maximum Gasteiger partial charge on any atom is 0.322 e. The summed E-state index contributed by atoms with van der Waals surface area (Å²) in [5.41, 5.74) is 0.883. The lowest BCUT2D eigenvalue weighted by molar-refractivity contribution is -0.137. The highest BCUT2D eigenvalue weighted by atomic mass is 32.2. The molecule has 0 spiro atoms. The number of nitrogens with one attached hydrogen (secondary N) is 1.